The molecule has 122 valence electrons. The molecule has 0 spiro atoms. The minimum atomic E-state index is -0.275. The van der Waals surface area contributed by atoms with Gasteiger partial charge in [0, 0.05) is 38.2 Å². The van der Waals surface area contributed by atoms with Crippen molar-refractivity contribution in [3.63, 3.8) is 0 Å². The quantitative estimate of drug-likeness (QED) is 0.872. The molecule has 1 saturated heterocycles. The number of likely N-dealkylation sites (tertiary alicyclic amines) is 1. The molecule has 0 saturated carbocycles. The van der Waals surface area contributed by atoms with E-state index in [1.165, 1.54) is 0 Å². The van der Waals surface area contributed by atoms with E-state index < -0.39 is 0 Å². The Hall–Kier alpha value is -2.14. The van der Waals surface area contributed by atoms with E-state index in [1.54, 1.807) is 13.3 Å². The summed E-state index contributed by atoms with van der Waals surface area (Å²) in [4.78, 5) is 19.2. The molecule has 2 heterocycles. The Morgan fingerprint density at radius 2 is 2.13 bits per heavy atom. The Morgan fingerprint density at radius 1 is 1.35 bits per heavy atom. The molecular weight excluding hydrogens is 290 g/mol. The van der Waals surface area contributed by atoms with Gasteiger partial charge in [-0.3, -0.25) is 4.79 Å². The summed E-state index contributed by atoms with van der Waals surface area (Å²) in [5.41, 5.74) is 1.02. The molecule has 0 aliphatic carbocycles. The van der Waals surface area contributed by atoms with Crippen molar-refractivity contribution in [2.45, 2.75) is 31.9 Å². The highest BCUT2D eigenvalue weighted by atomic mass is 16.5. The SMILES string of the molecule is CO[C@H]1CCCN(C(=O)[C@@H](C)n2ccnc2-c2ccccc2)C1. The van der Waals surface area contributed by atoms with Gasteiger partial charge in [-0.2, -0.15) is 0 Å². The lowest BCUT2D eigenvalue weighted by molar-refractivity contribution is -0.137. The second-order valence-corrected chi connectivity index (χ2v) is 5.98. The first kappa shape index (κ1) is 15.7. The third-order valence-electron chi connectivity index (χ3n) is 4.50. The zero-order valence-electron chi connectivity index (χ0n) is 13.7. The number of ether oxygens (including phenoxy) is 1. The lowest BCUT2D eigenvalue weighted by atomic mass is 10.1. The monoisotopic (exact) mass is 313 g/mol. The van der Waals surface area contributed by atoms with Gasteiger partial charge in [-0.15, -0.1) is 0 Å². The number of imidazole rings is 1. The molecule has 1 aromatic heterocycles. The maximum atomic E-state index is 12.9. The van der Waals surface area contributed by atoms with E-state index in [0.717, 1.165) is 30.8 Å². The van der Waals surface area contributed by atoms with Crippen LogP contribution in [0.3, 0.4) is 0 Å². The van der Waals surface area contributed by atoms with Crippen molar-refractivity contribution in [2.75, 3.05) is 20.2 Å². The number of methoxy groups -OCH3 is 1. The molecule has 1 aliphatic heterocycles. The van der Waals surface area contributed by atoms with Crippen LogP contribution in [0.25, 0.3) is 11.4 Å². The molecule has 1 aliphatic rings. The summed E-state index contributed by atoms with van der Waals surface area (Å²) in [7, 11) is 1.71. The Bertz CT molecular complexity index is 653. The van der Waals surface area contributed by atoms with Crippen LogP contribution in [0.1, 0.15) is 25.8 Å². The van der Waals surface area contributed by atoms with Gasteiger partial charge in [-0.05, 0) is 19.8 Å². The van der Waals surface area contributed by atoms with E-state index in [4.69, 9.17) is 4.74 Å². The zero-order valence-corrected chi connectivity index (χ0v) is 13.7. The Kier molecular flexibility index (Phi) is 4.76. The Morgan fingerprint density at radius 3 is 2.87 bits per heavy atom. The van der Waals surface area contributed by atoms with Crippen LogP contribution in [0.2, 0.25) is 0 Å². The molecule has 5 heteroatoms. The van der Waals surface area contributed by atoms with Crippen LogP contribution in [0.4, 0.5) is 0 Å². The van der Waals surface area contributed by atoms with E-state index in [9.17, 15) is 4.79 Å². The maximum absolute atomic E-state index is 12.9. The number of amides is 1. The topological polar surface area (TPSA) is 47.4 Å². The summed E-state index contributed by atoms with van der Waals surface area (Å²) in [6.45, 7) is 3.42. The predicted molar refractivity (Wildman–Crippen MR) is 89.0 cm³/mol. The molecule has 2 aromatic rings. The molecule has 0 radical (unpaired) electrons. The lowest BCUT2D eigenvalue weighted by Crippen LogP contribution is -2.45. The number of hydrogen-bond donors (Lipinski definition) is 0. The van der Waals surface area contributed by atoms with Crippen molar-refractivity contribution in [1.29, 1.82) is 0 Å². The van der Waals surface area contributed by atoms with Crippen molar-refractivity contribution in [2.24, 2.45) is 0 Å². The van der Waals surface area contributed by atoms with Gasteiger partial charge in [0.05, 0.1) is 6.10 Å². The van der Waals surface area contributed by atoms with Crippen LogP contribution in [-0.4, -0.2) is 46.7 Å². The highest BCUT2D eigenvalue weighted by Gasteiger charge is 2.28. The van der Waals surface area contributed by atoms with E-state index >= 15 is 0 Å². The number of piperidine rings is 1. The predicted octanol–water partition coefficient (Wildman–Crippen LogP) is 2.75. The van der Waals surface area contributed by atoms with E-state index in [1.807, 2.05) is 52.9 Å². The number of benzene rings is 1. The van der Waals surface area contributed by atoms with Crippen LogP contribution >= 0.6 is 0 Å². The second-order valence-electron chi connectivity index (χ2n) is 5.98. The normalized spacial score (nSPS) is 19.6. The molecular formula is C18H23N3O2. The number of carbonyl (C=O) groups excluding carboxylic acids is 1. The number of hydrogen-bond acceptors (Lipinski definition) is 3. The summed E-state index contributed by atoms with van der Waals surface area (Å²) in [6.07, 6.45) is 5.79. The van der Waals surface area contributed by atoms with E-state index in [2.05, 4.69) is 4.98 Å². The number of nitrogens with zero attached hydrogens (tertiary/aromatic N) is 3. The summed E-state index contributed by atoms with van der Waals surface area (Å²) < 4.78 is 7.37. The van der Waals surface area contributed by atoms with Gasteiger partial charge in [0.15, 0.2) is 0 Å². The van der Waals surface area contributed by atoms with Crippen LogP contribution in [0, 0.1) is 0 Å². The molecule has 2 atom stereocenters. The third-order valence-corrected chi connectivity index (χ3v) is 4.50. The van der Waals surface area contributed by atoms with E-state index in [0.29, 0.717) is 6.54 Å². The van der Waals surface area contributed by atoms with Crippen molar-refractivity contribution in [3.8, 4) is 11.4 Å². The van der Waals surface area contributed by atoms with Gasteiger partial charge in [0.2, 0.25) is 5.91 Å². The van der Waals surface area contributed by atoms with Gasteiger partial charge in [0.1, 0.15) is 11.9 Å². The highest BCUT2D eigenvalue weighted by Crippen LogP contribution is 2.23. The van der Waals surface area contributed by atoms with Crippen LogP contribution < -0.4 is 0 Å². The fraction of sp³-hybridized carbons (Fsp3) is 0.444. The fourth-order valence-electron chi connectivity index (χ4n) is 3.15. The largest absolute Gasteiger partial charge is 0.380 e. The Balaban J connectivity index is 1.80. The van der Waals surface area contributed by atoms with Crippen LogP contribution in [0.5, 0.6) is 0 Å². The molecule has 1 fully saturated rings. The minimum absolute atomic E-state index is 0.127. The average Bonchev–Trinajstić information content (AvgIpc) is 3.11. The zero-order chi connectivity index (χ0) is 16.2. The third kappa shape index (κ3) is 3.29. The van der Waals surface area contributed by atoms with Crippen molar-refractivity contribution in [3.05, 3.63) is 42.7 Å². The molecule has 3 rings (SSSR count). The first-order valence-corrected chi connectivity index (χ1v) is 8.10. The van der Waals surface area contributed by atoms with Crippen molar-refractivity contribution >= 4 is 5.91 Å². The van der Waals surface area contributed by atoms with E-state index in [-0.39, 0.29) is 18.1 Å². The van der Waals surface area contributed by atoms with Gasteiger partial charge < -0.3 is 14.2 Å². The molecule has 0 bridgehead atoms. The smallest absolute Gasteiger partial charge is 0.245 e. The standard InChI is InChI=1S/C18H23N3O2/c1-14(18(22)20-11-6-9-16(13-20)23-2)21-12-10-19-17(21)15-7-4-3-5-8-15/h3-5,7-8,10,12,14,16H,6,9,11,13H2,1-2H3/t14-,16+/m1/s1. The second kappa shape index (κ2) is 6.96. The van der Waals surface area contributed by atoms with Crippen LogP contribution in [0.15, 0.2) is 42.7 Å². The minimum Gasteiger partial charge on any atom is -0.380 e. The average molecular weight is 313 g/mol. The first-order valence-electron chi connectivity index (χ1n) is 8.10. The van der Waals surface area contributed by atoms with Gasteiger partial charge in [0.25, 0.3) is 0 Å². The molecule has 0 N–H and O–H groups in total. The first-order chi connectivity index (χ1) is 11.2. The number of carbonyl (C=O) groups is 1. The number of rotatable bonds is 4. The summed E-state index contributed by atoms with van der Waals surface area (Å²) in [5.74, 6) is 0.952. The number of aromatic nitrogens is 2. The Labute approximate surface area is 136 Å². The van der Waals surface area contributed by atoms with Gasteiger partial charge in [-0.1, -0.05) is 30.3 Å². The summed E-state index contributed by atoms with van der Waals surface area (Å²) >= 11 is 0. The summed E-state index contributed by atoms with van der Waals surface area (Å²) in [6, 6.07) is 9.69. The molecule has 0 unspecified atom stereocenters. The maximum Gasteiger partial charge on any atom is 0.245 e. The van der Waals surface area contributed by atoms with Crippen molar-refractivity contribution in [1.82, 2.24) is 14.5 Å². The lowest BCUT2D eigenvalue weighted by Gasteiger charge is -2.34. The molecule has 5 nitrogen and oxygen atoms in total. The summed E-state index contributed by atoms with van der Waals surface area (Å²) in [5, 5.41) is 0. The molecule has 1 amide bonds. The molecule has 1 aromatic carbocycles. The van der Waals surface area contributed by atoms with Gasteiger partial charge >= 0.3 is 0 Å². The van der Waals surface area contributed by atoms with Crippen LogP contribution in [-0.2, 0) is 9.53 Å². The van der Waals surface area contributed by atoms with Gasteiger partial charge in [-0.25, -0.2) is 4.98 Å². The molecule has 23 heavy (non-hydrogen) atoms. The highest BCUT2D eigenvalue weighted by molar-refractivity contribution is 5.81. The fourth-order valence-corrected chi connectivity index (χ4v) is 3.15. The van der Waals surface area contributed by atoms with Crippen molar-refractivity contribution < 1.29 is 9.53 Å².